The van der Waals surface area contributed by atoms with E-state index in [1.165, 1.54) is 26.0 Å². The van der Waals surface area contributed by atoms with E-state index in [9.17, 15) is 18.3 Å². The Morgan fingerprint density at radius 2 is 1.97 bits per heavy atom. The summed E-state index contributed by atoms with van der Waals surface area (Å²) in [5, 5.41) is 10.9. The molecule has 1 saturated heterocycles. The van der Waals surface area contributed by atoms with Gasteiger partial charge in [-0.1, -0.05) is 0 Å². The first-order valence-corrected chi connectivity index (χ1v) is 10.1. The molecule has 2 aliphatic rings. The third kappa shape index (κ3) is 4.16. The van der Waals surface area contributed by atoms with Gasteiger partial charge in [0, 0.05) is 18.5 Å². The molecule has 0 radical (unpaired) electrons. The third-order valence-corrected chi connectivity index (χ3v) is 6.00. The average molecular weight is 409 g/mol. The minimum atomic E-state index is -4.44. The zero-order chi connectivity index (χ0) is 20.8. The highest BCUT2D eigenvalue weighted by Crippen LogP contribution is 2.41. The van der Waals surface area contributed by atoms with Gasteiger partial charge >= 0.3 is 6.18 Å². The van der Waals surface area contributed by atoms with Crippen LogP contribution in [-0.4, -0.2) is 36.2 Å². The summed E-state index contributed by atoms with van der Waals surface area (Å²) in [5.41, 5.74) is 0.427. The van der Waals surface area contributed by atoms with Gasteiger partial charge < -0.3 is 14.3 Å². The first kappa shape index (κ1) is 20.3. The molecule has 0 spiro atoms. The fourth-order valence-corrected chi connectivity index (χ4v) is 4.28. The van der Waals surface area contributed by atoms with Crippen molar-refractivity contribution in [3.8, 4) is 17.1 Å². The number of aliphatic hydroxyl groups is 1. The number of benzene rings is 1. The van der Waals surface area contributed by atoms with E-state index in [1.807, 2.05) is 6.92 Å². The average Bonchev–Trinajstić information content (AvgIpc) is 3.48. The lowest BCUT2D eigenvalue weighted by Gasteiger charge is -2.34. The van der Waals surface area contributed by atoms with Crippen LogP contribution in [0.5, 0.6) is 5.75 Å². The van der Waals surface area contributed by atoms with Gasteiger partial charge in [0.15, 0.2) is 0 Å². The normalized spacial score (nSPS) is 21.9. The van der Waals surface area contributed by atoms with Gasteiger partial charge in [-0.25, -0.2) is 0 Å². The van der Waals surface area contributed by atoms with Crippen LogP contribution in [0.4, 0.5) is 13.2 Å². The number of methoxy groups -OCH3 is 1. The number of hydrogen-bond acceptors (Lipinski definition) is 4. The number of alkyl halides is 3. The Hall–Kier alpha value is -1.99. The molecular formula is C22H26F3NO3. The van der Waals surface area contributed by atoms with Crippen LogP contribution in [0.1, 0.15) is 48.7 Å². The molecule has 1 aromatic heterocycles. The molecule has 1 aliphatic heterocycles. The van der Waals surface area contributed by atoms with Crippen LogP contribution in [0.2, 0.25) is 0 Å². The summed E-state index contributed by atoms with van der Waals surface area (Å²) in [5.74, 6) is 1.08. The molecule has 1 N–H and O–H groups in total. The Morgan fingerprint density at radius 3 is 2.62 bits per heavy atom. The number of rotatable bonds is 5. The van der Waals surface area contributed by atoms with Crippen LogP contribution in [0.15, 0.2) is 28.7 Å². The third-order valence-electron chi connectivity index (χ3n) is 6.00. The van der Waals surface area contributed by atoms with E-state index in [-0.39, 0.29) is 11.7 Å². The zero-order valence-electron chi connectivity index (χ0n) is 16.6. The van der Waals surface area contributed by atoms with Crippen LogP contribution in [0.3, 0.4) is 0 Å². The largest absolute Gasteiger partial charge is 0.496 e. The second kappa shape index (κ2) is 7.69. The number of halogens is 3. The standard InChI is InChI=1S/C22H26F3NO3/c1-13-10-19(20(27)14-4-3-9-26(12-14)16-6-7-16)29-21(13)17-8-5-15(22(23,24)25)11-18(17)28-2/h5,8,10-11,14,16,20,27H,3-4,6-7,9,12H2,1-2H3/t14-,20-/m1/s1. The van der Waals surface area contributed by atoms with Gasteiger partial charge in [-0.3, -0.25) is 4.90 Å². The van der Waals surface area contributed by atoms with E-state index in [0.717, 1.165) is 43.6 Å². The zero-order valence-corrected chi connectivity index (χ0v) is 16.6. The topological polar surface area (TPSA) is 45.8 Å². The molecule has 2 heterocycles. The monoisotopic (exact) mass is 409 g/mol. The molecule has 0 unspecified atom stereocenters. The highest BCUT2D eigenvalue weighted by Gasteiger charge is 2.36. The highest BCUT2D eigenvalue weighted by molar-refractivity contribution is 5.69. The predicted octanol–water partition coefficient (Wildman–Crippen LogP) is 5.19. The molecular weight excluding hydrogens is 383 g/mol. The molecule has 7 heteroatoms. The lowest BCUT2D eigenvalue weighted by atomic mass is 9.91. The second-order valence-corrected chi connectivity index (χ2v) is 8.15. The summed E-state index contributed by atoms with van der Waals surface area (Å²) < 4.78 is 50.2. The number of likely N-dealkylation sites (tertiary alicyclic amines) is 1. The first-order chi connectivity index (χ1) is 13.8. The Labute approximate surface area is 168 Å². The summed E-state index contributed by atoms with van der Waals surface area (Å²) in [6.45, 7) is 3.76. The second-order valence-electron chi connectivity index (χ2n) is 8.15. The molecule has 2 aromatic rings. The van der Waals surface area contributed by atoms with E-state index in [4.69, 9.17) is 9.15 Å². The number of nitrogens with zero attached hydrogens (tertiary/aromatic N) is 1. The summed E-state index contributed by atoms with van der Waals surface area (Å²) in [7, 11) is 1.33. The smallest absolute Gasteiger partial charge is 0.416 e. The van der Waals surface area contributed by atoms with E-state index in [1.54, 1.807) is 6.07 Å². The van der Waals surface area contributed by atoms with E-state index >= 15 is 0 Å². The van der Waals surface area contributed by atoms with Gasteiger partial charge in [0.05, 0.1) is 18.2 Å². The Morgan fingerprint density at radius 1 is 1.21 bits per heavy atom. The Kier molecular flexibility index (Phi) is 5.38. The van der Waals surface area contributed by atoms with Crippen molar-refractivity contribution in [1.82, 2.24) is 4.90 Å². The first-order valence-electron chi connectivity index (χ1n) is 10.1. The van der Waals surface area contributed by atoms with Crippen molar-refractivity contribution in [2.24, 2.45) is 5.92 Å². The SMILES string of the molecule is COc1cc(C(F)(F)F)ccc1-c1oc([C@H](O)[C@@H]2CCCN(C3CC3)C2)cc1C. The van der Waals surface area contributed by atoms with Crippen molar-refractivity contribution < 1.29 is 27.4 Å². The maximum atomic E-state index is 13.0. The quantitative estimate of drug-likeness (QED) is 0.738. The van der Waals surface area contributed by atoms with Gasteiger partial charge in [0.25, 0.3) is 0 Å². The maximum Gasteiger partial charge on any atom is 0.416 e. The van der Waals surface area contributed by atoms with Crippen molar-refractivity contribution >= 4 is 0 Å². The minimum Gasteiger partial charge on any atom is -0.496 e. The number of aryl methyl sites for hydroxylation is 1. The summed E-state index contributed by atoms with van der Waals surface area (Å²) in [6.07, 6.45) is -0.717. The van der Waals surface area contributed by atoms with Crippen LogP contribution in [0.25, 0.3) is 11.3 Å². The van der Waals surface area contributed by atoms with Crippen molar-refractivity contribution in [2.75, 3.05) is 20.2 Å². The van der Waals surface area contributed by atoms with Crippen LogP contribution < -0.4 is 4.74 Å². The summed E-state index contributed by atoms with van der Waals surface area (Å²) in [6, 6.07) is 5.80. The molecule has 1 aromatic carbocycles. The van der Waals surface area contributed by atoms with Crippen LogP contribution >= 0.6 is 0 Å². The van der Waals surface area contributed by atoms with Gasteiger partial charge in [-0.05, 0) is 69.0 Å². The molecule has 4 rings (SSSR count). The Balaban J connectivity index is 1.59. The molecule has 29 heavy (non-hydrogen) atoms. The molecule has 0 amide bonds. The van der Waals surface area contributed by atoms with Crippen molar-refractivity contribution in [2.45, 2.75) is 50.9 Å². The number of ether oxygens (including phenoxy) is 1. The molecule has 0 bridgehead atoms. The van der Waals surface area contributed by atoms with Gasteiger partial charge in [0.2, 0.25) is 0 Å². The highest BCUT2D eigenvalue weighted by atomic mass is 19.4. The van der Waals surface area contributed by atoms with E-state index in [2.05, 4.69) is 4.90 Å². The lowest BCUT2D eigenvalue weighted by molar-refractivity contribution is -0.137. The molecule has 2 fully saturated rings. The fraction of sp³-hybridized carbons (Fsp3) is 0.545. The van der Waals surface area contributed by atoms with Gasteiger partial charge in [0.1, 0.15) is 23.4 Å². The van der Waals surface area contributed by atoms with E-state index < -0.39 is 17.8 Å². The van der Waals surface area contributed by atoms with Crippen LogP contribution in [0, 0.1) is 12.8 Å². The maximum absolute atomic E-state index is 13.0. The van der Waals surface area contributed by atoms with Crippen molar-refractivity contribution in [3.05, 3.63) is 41.2 Å². The summed E-state index contributed by atoms with van der Waals surface area (Å²) >= 11 is 0. The molecule has 1 saturated carbocycles. The fourth-order valence-electron chi connectivity index (χ4n) is 4.28. The lowest BCUT2D eigenvalue weighted by Crippen LogP contribution is -2.39. The summed E-state index contributed by atoms with van der Waals surface area (Å²) in [4.78, 5) is 2.45. The van der Waals surface area contributed by atoms with Crippen molar-refractivity contribution in [1.29, 1.82) is 0 Å². The number of hydrogen-bond donors (Lipinski definition) is 1. The number of aliphatic hydroxyl groups excluding tert-OH is 1. The molecule has 1 aliphatic carbocycles. The number of furan rings is 1. The molecule has 2 atom stereocenters. The Bertz CT molecular complexity index is 873. The molecule has 158 valence electrons. The predicted molar refractivity (Wildman–Crippen MR) is 103 cm³/mol. The number of piperidine rings is 1. The van der Waals surface area contributed by atoms with Crippen LogP contribution in [-0.2, 0) is 6.18 Å². The van der Waals surface area contributed by atoms with Crippen molar-refractivity contribution in [3.63, 3.8) is 0 Å². The van der Waals surface area contributed by atoms with Gasteiger partial charge in [-0.15, -0.1) is 0 Å². The minimum absolute atomic E-state index is 0.0934. The van der Waals surface area contributed by atoms with E-state index in [0.29, 0.717) is 23.1 Å². The van der Waals surface area contributed by atoms with Gasteiger partial charge in [-0.2, -0.15) is 13.2 Å². The molecule has 4 nitrogen and oxygen atoms in total.